The summed E-state index contributed by atoms with van der Waals surface area (Å²) in [6.07, 6.45) is 0. The summed E-state index contributed by atoms with van der Waals surface area (Å²) in [6, 6.07) is 12.3. The van der Waals surface area contributed by atoms with Gasteiger partial charge >= 0.3 is 0 Å². The average Bonchev–Trinajstić information content (AvgIpc) is 2.86. The first-order valence-corrected chi connectivity index (χ1v) is 13.1. The Hall–Kier alpha value is -2.59. The summed E-state index contributed by atoms with van der Waals surface area (Å²) in [6.45, 7) is 8.93. The van der Waals surface area contributed by atoms with Crippen LogP contribution in [0.5, 0.6) is 0 Å². The van der Waals surface area contributed by atoms with E-state index in [1.807, 2.05) is 26.0 Å². The third-order valence-electron chi connectivity index (χ3n) is 5.21. The van der Waals surface area contributed by atoms with Crippen LogP contribution in [0.4, 0.5) is 17.1 Å². The van der Waals surface area contributed by atoms with E-state index in [4.69, 9.17) is 0 Å². The van der Waals surface area contributed by atoms with Crippen LogP contribution in [0.3, 0.4) is 0 Å². The molecule has 0 radical (unpaired) electrons. The Kier molecular flexibility index (Phi) is 6.07. The SMILES string of the molecule is CCN(CC)c1ccc(NS(=O)(=O)c2ccc(N3C(=O)C(C)(C)CS3(=O)=O)cc2)cc1. The first kappa shape index (κ1) is 23.1. The Morgan fingerprint density at radius 2 is 1.55 bits per heavy atom. The van der Waals surface area contributed by atoms with Crippen molar-refractivity contribution < 1.29 is 21.6 Å². The van der Waals surface area contributed by atoms with Crippen LogP contribution in [0.2, 0.25) is 0 Å². The quantitative estimate of drug-likeness (QED) is 0.674. The number of nitrogens with zero attached hydrogens (tertiary/aromatic N) is 2. The molecule has 1 aliphatic rings. The number of benzene rings is 2. The zero-order valence-electron chi connectivity index (χ0n) is 18.0. The standard InChI is InChI=1S/C21H27N3O5S2/c1-5-23(6-2)17-9-7-16(8-10-17)22-31(28,29)19-13-11-18(12-14-19)24-20(25)21(3,4)15-30(24,26)27/h7-14,22H,5-6,15H2,1-4H3. The highest BCUT2D eigenvalue weighted by atomic mass is 32.2. The molecule has 0 atom stereocenters. The largest absolute Gasteiger partial charge is 0.372 e. The second-order valence-electron chi connectivity index (χ2n) is 8.03. The smallest absolute Gasteiger partial charge is 0.261 e. The zero-order chi connectivity index (χ0) is 23.0. The molecule has 1 aliphatic heterocycles. The summed E-state index contributed by atoms with van der Waals surface area (Å²) in [7, 11) is -7.67. The molecule has 0 spiro atoms. The Morgan fingerprint density at radius 1 is 1.00 bits per heavy atom. The van der Waals surface area contributed by atoms with Crippen molar-refractivity contribution >= 4 is 43.0 Å². The van der Waals surface area contributed by atoms with Gasteiger partial charge in [-0.05, 0) is 76.2 Å². The van der Waals surface area contributed by atoms with Crippen molar-refractivity contribution in [3.63, 3.8) is 0 Å². The lowest BCUT2D eigenvalue weighted by molar-refractivity contribution is -0.123. The van der Waals surface area contributed by atoms with E-state index in [9.17, 15) is 21.6 Å². The van der Waals surface area contributed by atoms with Gasteiger partial charge in [0.25, 0.3) is 10.0 Å². The molecule has 31 heavy (non-hydrogen) atoms. The van der Waals surface area contributed by atoms with Crippen molar-refractivity contribution in [1.29, 1.82) is 0 Å². The molecule has 0 saturated carbocycles. The molecule has 1 fully saturated rings. The van der Waals surface area contributed by atoms with Crippen LogP contribution in [0.25, 0.3) is 0 Å². The van der Waals surface area contributed by atoms with E-state index < -0.39 is 31.4 Å². The number of anilines is 3. The highest BCUT2D eigenvalue weighted by Crippen LogP contribution is 2.36. The molecular formula is C21H27N3O5S2. The van der Waals surface area contributed by atoms with Crippen molar-refractivity contribution in [2.75, 3.05) is 32.8 Å². The van der Waals surface area contributed by atoms with E-state index in [2.05, 4.69) is 9.62 Å². The molecule has 168 valence electrons. The van der Waals surface area contributed by atoms with Gasteiger partial charge in [-0.15, -0.1) is 0 Å². The molecule has 2 aromatic rings. The maximum Gasteiger partial charge on any atom is 0.261 e. The average molecular weight is 466 g/mol. The third kappa shape index (κ3) is 4.54. The summed E-state index contributed by atoms with van der Waals surface area (Å²) >= 11 is 0. The van der Waals surface area contributed by atoms with Gasteiger partial charge in [0.15, 0.2) is 0 Å². The van der Waals surface area contributed by atoms with Crippen LogP contribution in [0.1, 0.15) is 27.7 Å². The fourth-order valence-electron chi connectivity index (χ4n) is 3.57. The van der Waals surface area contributed by atoms with Gasteiger partial charge < -0.3 is 4.90 Å². The Bertz CT molecular complexity index is 1170. The van der Waals surface area contributed by atoms with E-state index in [1.165, 1.54) is 24.3 Å². The third-order valence-corrected chi connectivity index (χ3v) is 8.63. The molecule has 1 saturated heterocycles. The molecule has 10 heteroatoms. The predicted molar refractivity (Wildman–Crippen MR) is 122 cm³/mol. The van der Waals surface area contributed by atoms with Crippen LogP contribution in [-0.2, 0) is 24.8 Å². The lowest BCUT2D eigenvalue weighted by Crippen LogP contribution is -2.32. The van der Waals surface area contributed by atoms with E-state index in [-0.39, 0.29) is 16.3 Å². The number of sulfonamides is 2. The molecule has 0 aliphatic carbocycles. The van der Waals surface area contributed by atoms with Crippen LogP contribution >= 0.6 is 0 Å². The molecular weight excluding hydrogens is 438 g/mol. The minimum atomic E-state index is -3.88. The molecule has 0 bridgehead atoms. The lowest BCUT2D eigenvalue weighted by atomic mass is 9.95. The fourth-order valence-corrected chi connectivity index (χ4v) is 6.73. The van der Waals surface area contributed by atoms with Crippen molar-refractivity contribution in [2.24, 2.45) is 5.41 Å². The number of carbonyl (C=O) groups is 1. The summed E-state index contributed by atoms with van der Waals surface area (Å²) in [5.41, 5.74) is 0.511. The molecule has 3 rings (SSSR count). The Morgan fingerprint density at radius 3 is 2.00 bits per heavy atom. The minimum Gasteiger partial charge on any atom is -0.372 e. The van der Waals surface area contributed by atoms with Crippen LogP contribution < -0.4 is 13.9 Å². The van der Waals surface area contributed by atoms with E-state index >= 15 is 0 Å². The summed E-state index contributed by atoms with van der Waals surface area (Å²) in [4.78, 5) is 14.6. The van der Waals surface area contributed by atoms with Crippen molar-refractivity contribution in [3.8, 4) is 0 Å². The molecule has 0 aromatic heterocycles. The second-order valence-corrected chi connectivity index (χ2v) is 11.5. The molecule has 1 N–H and O–H groups in total. The normalized spacial score (nSPS) is 17.5. The number of hydrogen-bond donors (Lipinski definition) is 1. The summed E-state index contributed by atoms with van der Waals surface area (Å²) < 4.78 is 53.6. The van der Waals surface area contributed by atoms with E-state index in [0.29, 0.717) is 5.69 Å². The summed E-state index contributed by atoms with van der Waals surface area (Å²) in [5.74, 6) is -0.821. The van der Waals surface area contributed by atoms with Crippen molar-refractivity contribution in [2.45, 2.75) is 32.6 Å². The maximum absolute atomic E-state index is 12.7. The van der Waals surface area contributed by atoms with Crippen molar-refractivity contribution in [3.05, 3.63) is 48.5 Å². The topological polar surface area (TPSA) is 104 Å². The molecule has 8 nitrogen and oxygen atoms in total. The molecule has 0 unspecified atom stereocenters. The lowest BCUT2D eigenvalue weighted by Gasteiger charge is -2.21. The van der Waals surface area contributed by atoms with Gasteiger partial charge in [0.1, 0.15) is 0 Å². The van der Waals surface area contributed by atoms with E-state index in [0.717, 1.165) is 23.1 Å². The molecule has 1 heterocycles. The molecule has 1 amide bonds. The van der Waals surface area contributed by atoms with Crippen LogP contribution in [0, 0.1) is 5.41 Å². The highest BCUT2D eigenvalue weighted by Gasteiger charge is 2.49. The molecule has 2 aromatic carbocycles. The minimum absolute atomic E-state index is 0.0348. The van der Waals surface area contributed by atoms with Gasteiger partial charge in [0.05, 0.1) is 21.8 Å². The van der Waals surface area contributed by atoms with Crippen LogP contribution in [0.15, 0.2) is 53.4 Å². The van der Waals surface area contributed by atoms with Gasteiger partial charge in [-0.1, -0.05) is 0 Å². The van der Waals surface area contributed by atoms with Gasteiger partial charge in [0, 0.05) is 24.5 Å². The number of nitrogens with one attached hydrogen (secondary N) is 1. The monoisotopic (exact) mass is 465 g/mol. The van der Waals surface area contributed by atoms with Gasteiger partial charge in [0.2, 0.25) is 15.9 Å². The number of hydrogen-bond acceptors (Lipinski definition) is 6. The summed E-state index contributed by atoms with van der Waals surface area (Å²) in [5, 5.41) is 0. The van der Waals surface area contributed by atoms with Crippen molar-refractivity contribution in [1.82, 2.24) is 0 Å². The van der Waals surface area contributed by atoms with Crippen LogP contribution in [-0.4, -0.2) is 41.6 Å². The number of carbonyl (C=O) groups excluding carboxylic acids is 1. The Labute approximate surface area is 184 Å². The number of rotatable bonds is 7. The maximum atomic E-state index is 12.7. The van der Waals surface area contributed by atoms with Gasteiger partial charge in [-0.2, -0.15) is 0 Å². The highest BCUT2D eigenvalue weighted by molar-refractivity contribution is 7.94. The first-order chi connectivity index (χ1) is 14.4. The van der Waals surface area contributed by atoms with Gasteiger partial charge in [-0.25, -0.2) is 21.1 Å². The van der Waals surface area contributed by atoms with E-state index in [1.54, 1.807) is 26.0 Å². The zero-order valence-corrected chi connectivity index (χ0v) is 19.6. The number of amides is 1. The Balaban J connectivity index is 1.81. The first-order valence-electron chi connectivity index (χ1n) is 9.96. The second kappa shape index (κ2) is 8.16. The fraction of sp³-hybridized carbons (Fsp3) is 0.381. The predicted octanol–water partition coefficient (Wildman–Crippen LogP) is 3.04. The van der Waals surface area contributed by atoms with Gasteiger partial charge in [-0.3, -0.25) is 9.52 Å².